The summed E-state index contributed by atoms with van der Waals surface area (Å²) < 4.78 is 2.02. The summed E-state index contributed by atoms with van der Waals surface area (Å²) in [6.07, 6.45) is 4.65. The molecule has 0 unspecified atom stereocenters. The first-order valence-electron chi connectivity index (χ1n) is 7.11. The van der Waals surface area contributed by atoms with Gasteiger partial charge in [-0.3, -0.25) is 0 Å². The molecule has 5 heteroatoms. The lowest BCUT2D eigenvalue weighted by atomic mass is 9.98. The number of anilines is 2. The van der Waals surface area contributed by atoms with Crippen molar-refractivity contribution in [2.24, 2.45) is 7.05 Å². The summed E-state index contributed by atoms with van der Waals surface area (Å²) in [7, 11) is 2.01. The van der Waals surface area contributed by atoms with Gasteiger partial charge in [0.1, 0.15) is 5.52 Å². The van der Waals surface area contributed by atoms with Crippen LogP contribution in [-0.4, -0.2) is 21.1 Å². The SMILES string of the molecule is Cn1cnc2c(N3CCc4c(N)cccc4C3)nccc21. The molecule has 0 saturated heterocycles. The number of hydrogen-bond acceptors (Lipinski definition) is 4. The number of benzene rings is 1. The van der Waals surface area contributed by atoms with Crippen molar-refractivity contribution in [2.75, 3.05) is 17.2 Å². The van der Waals surface area contributed by atoms with Gasteiger partial charge in [0.15, 0.2) is 5.82 Å². The highest BCUT2D eigenvalue weighted by Crippen LogP contribution is 2.29. The molecule has 2 aromatic heterocycles. The molecule has 106 valence electrons. The minimum absolute atomic E-state index is 0.836. The summed E-state index contributed by atoms with van der Waals surface area (Å²) in [6, 6.07) is 8.15. The first kappa shape index (κ1) is 12.2. The molecule has 0 spiro atoms. The number of nitrogens with zero attached hydrogens (tertiary/aromatic N) is 4. The zero-order valence-electron chi connectivity index (χ0n) is 12.0. The second-order valence-electron chi connectivity index (χ2n) is 5.51. The van der Waals surface area contributed by atoms with E-state index in [0.29, 0.717) is 0 Å². The molecule has 0 atom stereocenters. The maximum atomic E-state index is 6.07. The minimum Gasteiger partial charge on any atom is -0.398 e. The molecule has 21 heavy (non-hydrogen) atoms. The Bertz CT molecular complexity index is 821. The molecule has 1 aliphatic rings. The Morgan fingerprint density at radius 1 is 1.19 bits per heavy atom. The van der Waals surface area contributed by atoms with E-state index in [1.807, 2.05) is 42.3 Å². The van der Waals surface area contributed by atoms with Crippen molar-refractivity contribution in [3.05, 3.63) is 47.9 Å². The van der Waals surface area contributed by atoms with Crippen LogP contribution in [0.1, 0.15) is 11.1 Å². The number of aryl methyl sites for hydroxylation is 1. The molecule has 2 N–H and O–H groups in total. The van der Waals surface area contributed by atoms with Gasteiger partial charge in [-0.1, -0.05) is 12.1 Å². The zero-order valence-corrected chi connectivity index (χ0v) is 12.0. The fraction of sp³-hybridized carbons (Fsp3) is 0.250. The van der Waals surface area contributed by atoms with Crippen LogP contribution in [0, 0.1) is 0 Å². The predicted molar refractivity (Wildman–Crippen MR) is 84.1 cm³/mol. The Balaban J connectivity index is 1.78. The Hall–Kier alpha value is -2.56. The molecule has 0 fully saturated rings. The molecule has 0 saturated carbocycles. The Kier molecular flexibility index (Phi) is 2.60. The molecule has 0 amide bonds. The fourth-order valence-corrected chi connectivity index (χ4v) is 3.10. The predicted octanol–water partition coefficient (Wildman–Crippen LogP) is 2.11. The van der Waals surface area contributed by atoms with Crippen LogP contribution in [0.15, 0.2) is 36.8 Å². The van der Waals surface area contributed by atoms with Crippen molar-refractivity contribution in [2.45, 2.75) is 13.0 Å². The number of pyridine rings is 1. The number of fused-ring (bicyclic) bond motifs is 2. The first-order chi connectivity index (χ1) is 10.2. The number of hydrogen-bond donors (Lipinski definition) is 1. The summed E-state index contributed by atoms with van der Waals surface area (Å²) in [5.74, 6) is 0.959. The second kappa shape index (κ2) is 4.48. The maximum Gasteiger partial charge on any atom is 0.157 e. The van der Waals surface area contributed by atoms with Gasteiger partial charge in [-0.2, -0.15) is 0 Å². The van der Waals surface area contributed by atoms with Crippen molar-refractivity contribution in [3.8, 4) is 0 Å². The highest BCUT2D eigenvalue weighted by atomic mass is 15.2. The topological polar surface area (TPSA) is 60.0 Å². The summed E-state index contributed by atoms with van der Waals surface area (Å²) >= 11 is 0. The average molecular weight is 279 g/mol. The van der Waals surface area contributed by atoms with Crippen molar-refractivity contribution in [1.82, 2.24) is 14.5 Å². The van der Waals surface area contributed by atoms with Gasteiger partial charge in [-0.15, -0.1) is 0 Å². The quantitative estimate of drug-likeness (QED) is 0.693. The standard InChI is InChI=1S/C16H17N5/c1-20-10-19-15-14(20)5-7-18-16(15)21-8-6-12-11(9-21)3-2-4-13(12)17/h2-5,7,10H,6,8-9,17H2,1H3. The molecule has 3 heterocycles. The van der Waals surface area contributed by atoms with Gasteiger partial charge in [-0.25, -0.2) is 9.97 Å². The molecule has 0 aliphatic carbocycles. The van der Waals surface area contributed by atoms with Crippen molar-refractivity contribution < 1.29 is 0 Å². The molecular weight excluding hydrogens is 262 g/mol. The fourth-order valence-electron chi connectivity index (χ4n) is 3.10. The van der Waals surface area contributed by atoms with Gasteiger partial charge in [-0.05, 0) is 29.7 Å². The second-order valence-corrected chi connectivity index (χ2v) is 5.51. The van der Waals surface area contributed by atoms with Crippen molar-refractivity contribution in [1.29, 1.82) is 0 Å². The lowest BCUT2D eigenvalue weighted by Crippen LogP contribution is -2.31. The summed E-state index contributed by atoms with van der Waals surface area (Å²) in [5, 5.41) is 0. The van der Waals surface area contributed by atoms with Crippen LogP contribution < -0.4 is 10.6 Å². The van der Waals surface area contributed by atoms with E-state index in [9.17, 15) is 0 Å². The van der Waals surface area contributed by atoms with Crippen molar-refractivity contribution in [3.63, 3.8) is 0 Å². The molecular formula is C16H17N5. The van der Waals surface area contributed by atoms with Crippen LogP contribution in [0.5, 0.6) is 0 Å². The molecule has 1 aromatic carbocycles. The minimum atomic E-state index is 0.836. The Morgan fingerprint density at radius 3 is 3.00 bits per heavy atom. The van der Waals surface area contributed by atoms with Crippen LogP contribution in [0.4, 0.5) is 11.5 Å². The third kappa shape index (κ3) is 1.85. The van der Waals surface area contributed by atoms with Gasteiger partial charge < -0.3 is 15.2 Å². The van der Waals surface area contributed by atoms with Gasteiger partial charge in [0.2, 0.25) is 0 Å². The third-order valence-corrected chi connectivity index (χ3v) is 4.23. The monoisotopic (exact) mass is 279 g/mol. The summed E-state index contributed by atoms with van der Waals surface area (Å²) in [5.41, 5.74) is 11.6. The number of aromatic nitrogens is 3. The molecule has 1 aliphatic heterocycles. The van der Waals surface area contributed by atoms with Gasteiger partial charge in [0, 0.05) is 32.0 Å². The maximum absolute atomic E-state index is 6.07. The van der Waals surface area contributed by atoms with Crippen molar-refractivity contribution >= 4 is 22.5 Å². The van der Waals surface area contributed by atoms with E-state index in [4.69, 9.17) is 5.73 Å². The van der Waals surface area contributed by atoms with Crippen LogP contribution in [-0.2, 0) is 20.0 Å². The number of rotatable bonds is 1. The molecule has 4 rings (SSSR count). The first-order valence-corrected chi connectivity index (χ1v) is 7.11. The van der Waals surface area contributed by atoms with E-state index in [1.54, 1.807) is 0 Å². The third-order valence-electron chi connectivity index (χ3n) is 4.23. The van der Waals surface area contributed by atoms with Gasteiger partial charge in [0.25, 0.3) is 0 Å². The highest BCUT2D eigenvalue weighted by Gasteiger charge is 2.21. The summed E-state index contributed by atoms with van der Waals surface area (Å²) in [6.45, 7) is 1.76. The average Bonchev–Trinajstić information content (AvgIpc) is 2.89. The number of imidazole rings is 1. The molecule has 0 bridgehead atoms. The van der Waals surface area contributed by atoms with Crippen LogP contribution in [0.2, 0.25) is 0 Å². The van der Waals surface area contributed by atoms with E-state index in [-0.39, 0.29) is 0 Å². The zero-order chi connectivity index (χ0) is 14.4. The van der Waals surface area contributed by atoms with E-state index in [2.05, 4.69) is 20.9 Å². The smallest absolute Gasteiger partial charge is 0.157 e. The van der Waals surface area contributed by atoms with Crippen LogP contribution >= 0.6 is 0 Å². The van der Waals surface area contributed by atoms with Crippen LogP contribution in [0.3, 0.4) is 0 Å². The van der Waals surface area contributed by atoms with E-state index >= 15 is 0 Å². The number of nitrogens with two attached hydrogens (primary N) is 1. The normalized spacial score (nSPS) is 14.4. The highest BCUT2D eigenvalue weighted by molar-refractivity contribution is 5.86. The van der Waals surface area contributed by atoms with Crippen LogP contribution in [0.25, 0.3) is 11.0 Å². The Morgan fingerprint density at radius 2 is 2.10 bits per heavy atom. The number of nitrogen functional groups attached to an aromatic ring is 1. The largest absolute Gasteiger partial charge is 0.398 e. The van der Waals surface area contributed by atoms with Gasteiger partial charge >= 0.3 is 0 Å². The summed E-state index contributed by atoms with van der Waals surface area (Å²) in [4.78, 5) is 11.3. The van der Waals surface area contributed by atoms with E-state index < -0.39 is 0 Å². The lowest BCUT2D eigenvalue weighted by Gasteiger charge is -2.30. The molecule has 3 aromatic rings. The van der Waals surface area contributed by atoms with E-state index in [1.165, 1.54) is 11.1 Å². The van der Waals surface area contributed by atoms with Gasteiger partial charge in [0.05, 0.1) is 11.8 Å². The lowest BCUT2D eigenvalue weighted by molar-refractivity contribution is 0.725. The molecule has 0 radical (unpaired) electrons. The Labute approximate surface area is 123 Å². The molecule has 5 nitrogen and oxygen atoms in total. The van der Waals surface area contributed by atoms with E-state index in [0.717, 1.165) is 42.0 Å².